The molecule has 5 heteroatoms. The fraction of sp³-hybridized carbons (Fsp3) is 0.333. The molecule has 136 valence electrons. The average Bonchev–Trinajstić information content (AvgIpc) is 2.66. The van der Waals surface area contributed by atoms with Gasteiger partial charge >= 0.3 is 0 Å². The third kappa shape index (κ3) is 4.23. The van der Waals surface area contributed by atoms with E-state index in [0.29, 0.717) is 5.75 Å². The SMILES string of the molecule is CC(NC(=O)COc1ccccc1C(N)=O)c1ccc2c(c1)CCCC2. The monoisotopic (exact) mass is 352 g/mol. The summed E-state index contributed by atoms with van der Waals surface area (Å²) < 4.78 is 5.47. The van der Waals surface area contributed by atoms with Crippen LogP contribution in [-0.4, -0.2) is 18.4 Å². The van der Waals surface area contributed by atoms with Crippen LogP contribution in [0, 0.1) is 0 Å². The maximum atomic E-state index is 12.2. The van der Waals surface area contributed by atoms with Gasteiger partial charge in [-0.25, -0.2) is 0 Å². The lowest BCUT2D eigenvalue weighted by Gasteiger charge is -2.20. The Balaban J connectivity index is 1.59. The summed E-state index contributed by atoms with van der Waals surface area (Å²) in [4.78, 5) is 23.6. The maximum absolute atomic E-state index is 12.2. The molecular weight excluding hydrogens is 328 g/mol. The number of rotatable bonds is 6. The minimum absolute atomic E-state index is 0.107. The number of carbonyl (C=O) groups excluding carboxylic acids is 2. The molecule has 0 saturated heterocycles. The number of fused-ring (bicyclic) bond motifs is 1. The fourth-order valence-electron chi connectivity index (χ4n) is 3.33. The molecule has 3 N–H and O–H groups in total. The third-order valence-corrected chi connectivity index (χ3v) is 4.76. The maximum Gasteiger partial charge on any atom is 0.258 e. The molecule has 2 aromatic carbocycles. The van der Waals surface area contributed by atoms with Gasteiger partial charge < -0.3 is 15.8 Å². The number of nitrogens with two attached hydrogens (primary N) is 1. The van der Waals surface area contributed by atoms with Crippen molar-refractivity contribution in [2.75, 3.05) is 6.61 Å². The van der Waals surface area contributed by atoms with Gasteiger partial charge in [0.2, 0.25) is 0 Å². The van der Waals surface area contributed by atoms with Crippen LogP contribution >= 0.6 is 0 Å². The van der Waals surface area contributed by atoms with E-state index in [1.54, 1.807) is 24.3 Å². The van der Waals surface area contributed by atoms with E-state index in [9.17, 15) is 9.59 Å². The van der Waals surface area contributed by atoms with Crippen LogP contribution in [0.25, 0.3) is 0 Å². The first-order valence-electron chi connectivity index (χ1n) is 8.97. The minimum atomic E-state index is -0.580. The average molecular weight is 352 g/mol. The Labute approximate surface area is 153 Å². The Kier molecular flexibility index (Phi) is 5.56. The van der Waals surface area contributed by atoms with Crippen molar-refractivity contribution in [2.45, 2.75) is 38.6 Å². The van der Waals surface area contributed by atoms with Gasteiger partial charge in [-0.15, -0.1) is 0 Å². The summed E-state index contributed by atoms with van der Waals surface area (Å²) in [6.07, 6.45) is 4.73. The van der Waals surface area contributed by atoms with Crippen LogP contribution in [0.4, 0.5) is 0 Å². The zero-order chi connectivity index (χ0) is 18.5. The third-order valence-electron chi connectivity index (χ3n) is 4.76. The number of hydrogen-bond acceptors (Lipinski definition) is 3. The predicted octanol–water partition coefficient (Wildman–Crippen LogP) is 2.92. The Bertz CT molecular complexity index is 817. The number of carbonyl (C=O) groups is 2. The highest BCUT2D eigenvalue weighted by molar-refractivity contribution is 5.95. The summed E-state index contributed by atoms with van der Waals surface area (Å²) in [6.45, 7) is 1.79. The molecular formula is C21H24N2O3. The first-order chi connectivity index (χ1) is 12.5. The van der Waals surface area contributed by atoms with Gasteiger partial charge in [-0.3, -0.25) is 9.59 Å². The van der Waals surface area contributed by atoms with E-state index in [1.807, 2.05) is 6.92 Å². The second-order valence-corrected chi connectivity index (χ2v) is 6.67. The summed E-state index contributed by atoms with van der Waals surface area (Å²) in [5, 5.41) is 2.94. The van der Waals surface area contributed by atoms with Gasteiger partial charge in [0.05, 0.1) is 11.6 Å². The van der Waals surface area contributed by atoms with Crippen LogP contribution in [0.15, 0.2) is 42.5 Å². The molecule has 3 rings (SSSR count). The molecule has 0 aromatic heterocycles. The number of nitrogens with one attached hydrogen (secondary N) is 1. The van der Waals surface area contributed by atoms with Crippen molar-refractivity contribution >= 4 is 11.8 Å². The first-order valence-corrected chi connectivity index (χ1v) is 8.97. The highest BCUT2D eigenvalue weighted by Crippen LogP contribution is 2.24. The number of amides is 2. The van der Waals surface area contributed by atoms with Gasteiger partial charge in [0.25, 0.3) is 11.8 Å². The smallest absolute Gasteiger partial charge is 0.258 e. The Morgan fingerprint density at radius 1 is 1.12 bits per heavy atom. The summed E-state index contributed by atoms with van der Waals surface area (Å²) in [7, 11) is 0. The van der Waals surface area contributed by atoms with Crippen LogP contribution in [0.3, 0.4) is 0 Å². The van der Waals surface area contributed by atoms with E-state index in [0.717, 1.165) is 18.4 Å². The van der Waals surface area contributed by atoms with Crippen molar-refractivity contribution in [2.24, 2.45) is 5.73 Å². The molecule has 26 heavy (non-hydrogen) atoms. The summed E-state index contributed by atoms with van der Waals surface area (Å²) in [5.41, 5.74) is 9.49. The van der Waals surface area contributed by atoms with Crippen molar-refractivity contribution < 1.29 is 14.3 Å². The molecule has 0 spiro atoms. The molecule has 0 aliphatic heterocycles. The Morgan fingerprint density at radius 3 is 2.62 bits per heavy atom. The van der Waals surface area contributed by atoms with E-state index in [4.69, 9.17) is 10.5 Å². The largest absolute Gasteiger partial charge is 0.483 e. The quantitative estimate of drug-likeness (QED) is 0.839. The van der Waals surface area contributed by atoms with Gasteiger partial charge in [-0.2, -0.15) is 0 Å². The number of benzene rings is 2. The van der Waals surface area contributed by atoms with Gasteiger partial charge in [0.1, 0.15) is 5.75 Å². The summed E-state index contributed by atoms with van der Waals surface area (Å²) in [6, 6.07) is 13.0. The summed E-state index contributed by atoms with van der Waals surface area (Å²) >= 11 is 0. The Morgan fingerprint density at radius 2 is 1.85 bits per heavy atom. The summed E-state index contributed by atoms with van der Waals surface area (Å²) in [5.74, 6) is -0.505. The first kappa shape index (κ1) is 18.0. The van der Waals surface area contributed by atoms with Crippen molar-refractivity contribution in [1.29, 1.82) is 0 Å². The highest BCUT2D eigenvalue weighted by Gasteiger charge is 2.15. The van der Waals surface area contributed by atoms with Crippen LogP contribution in [0.2, 0.25) is 0 Å². The lowest BCUT2D eigenvalue weighted by atomic mass is 9.89. The van der Waals surface area contributed by atoms with Gasteiger partial charge in [0, 0.05) is 0 Å². The number of para-hydroxylation sites is 1. The molecule has 5 nitrogen and oxygen atoms in total. The second-order valence-electron chi connectivity index (χ2n) is 6.67. The number of hydrogen-bond donors (Lipinski definition) is 2. The van der Waals surface area contributed by atoms with Crippen LogP contribution < -0.4 is 15.8 Å². The van der Waals surface area contributed by atoms with Gasteiger partial charge in [-0.05, 0) is 61.4 Å². The molecule has 0 bridgehead atoms. The second kappa shape index (κ2) is 8.04. The Hall–Kier alpha value is -2.82. The van der Waals surface area contributed by atoms with Gasteiger partial charge in [0.15, 0.2) is 6.61 Å². The molecule has 1 aliphatic carbocycles. The van der Waals surface area contributed by atoms with Crippen LogP contribution in [0.1, 0.15) is 52.9 Å². The molecule has 2 amide bonds. The minimum Gasteiger partial charge on any atom is -0.483 e. The lowest BCUT2D eigenvalue weighted by molar-refractivity contribution is -0.123. The zero-order valence-electron chi connectivity index (χ0n) is 15.0. The van der Waals surface area contributed by atoms with Crippen molar-refractivity contribution in [3.63, 3.8) is 0 Å². The number of ether oxygens (including phenoxy) is 1. The topological polar surface area (TPSA) is 81.4 Å². The number of aryl methyl sites for hydroxylation is 2. The number of primary amides is 1. The van der Waals surface area contributed by atoms with Crippen molar-refractivity contribution in [3.05, 3.63) is 64.7 Å². The van der Waals surface area contributed by atoms with Crippen molar-refractivity contribution in [3.8, 4) is 5.75 Å². The van der Waals surface area contributed by atoms with E-state index >= 15 is 0 Å². The fourth-order valence-corrected chi connectivity index (χ4v) is 3.33. The zero-order valence-corrected chi connectivity index (χ0v) is 15.0. The van der Waals surface area contributed by atoms with E-state index in [-0.39, 0.29) is 24.1 Å². The van der Waals surface area contributed by atoms with Crippen LogP contribution in [0.5, 0.6) is 5.75 Å². The van der Waals surface area contributed by atoms with Gasteiger partial charge in [-0.1, -0.05) is 30.3 Å². The van der Waals surface area contributed by atoms with E-state index in [2.05, 4.69) is 23.5 Å². The molecule has 0 fully saturated rings. The standard InChI is InChI=1S/C21H24N2O3/c1-14(16-11-10-15-6-2-3-7-17(15)12-16)23-20(24)13-26-19-9-5-4-8-18(19)21(22)25/h4-5,8-12,14H,2-3,6-7,13H2,1H3,(H2,22,25)(H,23,24). The molecule has 1 unspecified atom stereocenters. The highest BCUT2D eigenvalue weighted by atomic mass is 16.5. The van der Waals surface area contributed by atoms with Crippen molar-refractivity contribution in [1.82, 2.24) is 5.32 Å². The molecule has 1 atom stereocenters. The molecule has 0 heterocycles. The van der Waals surface area contributed by atoms with E-state index in [1.165, 1.54) is 24.0 Å². The molecule has 2 aromatic rings. The van der Waals surface area contributed by atoms with E-state index < -0.39 is 5.91 Å². The molecule has 0 radical (unpaired) electrons. The molecule has 0 saturated carbocycles. The lowest BCUT2D eigenvalue weighted by Crippen LogP contribution is -2.31. The van der Waals surface area contributed by atoms with Crippen LogP contribution in [-0.2, 0) is 17.6 Å². The normalized spacial score (nSPS) is 14.2. The molecule has 1 aliphatic rings. The predicted molar refractivity (Wildman–Crippen MR) is 100 cm³/mol.